The highest BCUT2D eigenvalue weighted by atomic mass is 19.4. The maximum Gasteiger partial charge on any atom is 0.433 e. The first-order valence-electron chi connectivity index (χ1n) is 17.7. The van der Waals surface area contributed by atoms with Gasteiger partial charge in [0.25, 0.3) is 0 Å². The lowest BCUT2D eigenvalue weighted by atomic mass is 9.96. The first-order chi connectivity index (χ1) is 24.8. The Bertz CT molecular complexity index is 2050. The second kappa shape index (κ2) is 13.6. The fraction of sp³-hybridized carbons (Fsp3) is 0.514. The van der Waals surface area contributed by atoms with Crippen molar-refractivity contribution in [3.05, 3.63) is 59.1 Å². The lowest BCUT2D eigenvalue weighted by Crippen LogP contribution is -2.47. The number of ketones is 1. The Labute approximate surface area is 298 Å². The largest absolute Gasteiger partial charge is 0.433 e. The van der Waals surface area contributed by atoms with Crippen molar-refractivity contribution in [2.24, 2.45) is 11.3 Å². The van der Waals surface area contributed by atoms with Crippen molar-refractivity contribution >= 4 is 34.3 Å². The number of aryl methyl sites for hydroxylation is 3. The number of aromatic nitrogens is 6. The molecule has 1 N–H and O–H groups in total. The van der Waals surface area contributed by atoms with Crippen LogP contribution in [0.3, 0.4) is 0 Å². The van der Waals surface area contributed by atoms with Gasteiger partial charge in [0, 0.05) is 48.3 Å². The quantitative estimate of drug-likeness (QED) is 0.256. The van der Waals surface area contributed by atoms with Crippen LogP contribution in [0.1, 0.15) is 85.6 Å². The molecule has 1 saturated carbocycles. The number of ether oxygens (including phenoxy) is 1. The number of Topliss-reactive ketones (excluding diaryl/α,β-unsaturated/α-hetero) is 1. The van der Waals surface area contributed by atoms with E-state index in [1.54, 1.807) is 37.2 Å². The van der Waals surface area contributed by atoms with Gasteiger partial charge < -0.3 is 15.0 Å². The van der Waals surface area contributed by atoms with Crippen molar-refractivity contribution in [1.82, 2.24) is 34.6 Å². The molecule has 0 aromatic carbocycles. The Morgan fingerprint density at radius 2 is 1.77 bits per heavy atom. The molecular formula is C37H41F3N8O4. The summed E-state index contributed by atoms with van der Waals surface area (Å²) >= 11 is 0. The van der Waals surface area contributed by atoms with Gasteiger partial charge in [0.15, 0.2) is 5.78 Å². The van der Waals surface area contributed by atoms with Crippen LogP contribution in [0.2, 0.25) is 0 Å². The third kappa shape index (κ3) is 6.54. The fourth-order valence-electron chi connectivity index (χ4n) is 7.99. The van der Waals surface area contributed by atoms with Crippen molar-refractivity contribution in [1.29, 1.82) is 0 Å². The van der Waals surface area contributed by atoms with E-state index in [-0.39, 0.29) is 42.2 Å². The summed E-state index contributed by atoms with van der Waals surface area (Å²) in [5, 5.41) is 7.82. The minimum atomic E-state index is -4.70. The smallest absolute Gasteiger partial charge is 0.381 e. The normalized spacial score (nSPS) is 24.0. The molecule has 52 heavy (non-hydrogen) atoms. The monoisotopic (exact) mass is 718 g/mol. The average molecular weight is 719 g/mol. The number of pyridine rings is 2. The molecule has 4 aromatic rings. The van der Waals surface area contributed by atoms with Gasteiger partial charge in [0.2, 0.25) is 11.8 Å². The number of hydrogen-bond acceptors (Lipinski definition) is 9. The summed E-state index contributed by atoms with van der Waals surface area (Å²) in [6, 6.07) is 2.57. The van der Waals surface area contributed by atoms with E-state index in [1.807, 2.05) is 6.92 Å². The summed E-state index contributed by atoms with van der Waals surface area (Å²) in [5.74, 6) is -0.897. The van der Waals surface area contributed by atoms with Gasteiger partial charge in [0.1, 0.15) is 35.6 Å². The van der Waals surface area contributed by atoms with Crippen LogP contribution in [0.4, 0.5) is 19.0 Å². The Hall–Kier alpha value is -4.79. The van der Waals surface area contributed by atoms with Gasteiger partial charge in [-0.15, -0.1) is 0 Å². The third-order valence-corrected chi connectivity index (χ3v) is 10.9. The molecule has 12 nitrogen and oxygen atoms in total. The van der Waals surface area contributed by atoms with Gasteiger partial charge >= 0.3 is 6.18 Å². The minimum Gasteiger partial charge on any atom is -0.381 e. The molecule has 6 heterocycles. The molecule has 0 spiro atoms. The number of nitrogens with one attached hydrogen (secondary N) is 1. The molecule has 3 aliphatic rings. The van der Waals surface area contributed by atoms with Crippen LogP contribution in [0, 0.1) is 25.2 Å². The molecule has 4 atom stereocenters. The van der Waals surface area contributed by atoms with Gasteiger partial charge in [-0.1, -0.05) is 32.3 Å². The number of anilines is 1. The van der Waals surface area contributed by atoms with Crippen LogP contribution in [0.25, 0.3) is 22.2 Å². The first kappa shape index (κ1) is 35.6. The van der Waals surface area contributed by atoms with E-state index in [9.17, 15) is 27.6 Å². The maximum absolute atomic E-state index is 14.5. The number of nitrogens with zero attached hydrogens (tertiary/aromatic N) is 7. The Morgan fingerprint density at radius 3 is 2.50 bits per heavy atom. The SMILES string of the molecule is CC(=O)c1nn2c3c(nc(-c4cnc(C)nc4)cc13)CCCCCCCOC[C@@]13C[C@@H](C(=O)Nc4nc(C(F)(F)F)ccc4C)N(C(=O)C2)[C@@H]1[C@@H]3C. The first-order valence-corrected chi connectivity index (χ1v) is 17.7. The van der Waals surface area contributed by atoms with Crippen molar-refractivity contribution in [3.63, 3.8) is 0 Å². The zero-order valence-corrected chi connectivity index (χ0v) is 29.6. The Balaban J connectivity index is 1.28. The molecule has 2 bridgehead atoms. The summed E-state index contributed by atoms with van der Waals surface area (Å²) in [7, 11) is 0. The number of carbonyl (C=O) groups is 3. The van der Waals surface area contributed by atoms with Crippen LogP contribution in [-0.2, 0) is 33.5 Å². The molecule has 1 aliphatic carbocycles. The second-order valence-electron chi connectivity index (χ2n) is 14.3. The molecule has 7 rings (SSSR count). The van der Waals surface area contributed by atoms with Crippen LogP contribution in [-0.4, -0.2) is 77.5 Å². The standard InChI is InChI=1S/C37H41F3N8O4/c1-20-11-12-29(37(38,39)40)44-34(20)45-35(51)28-15-36-19-52-13-9-7-5-6-8-10-26-32-25(14-27(43-26)24-16-41-23(4)42-17-24)31(22(3)49)46-47(32)18-30(50)48(28)33(36)21(36)2/h11-12,14,16-17,21,28,33H,5-10,13,15,18-19H2,1-4H3,(H,44,45,51)/t21-,28-,33+,36+/m0/s1. The zero-order chi connectivity index (χ0) is 36.9. The predicted molar refractivity (Wildman–Crippen MR) is 184 cm³/mol. The van der Waals surface area contributed by atoms with E-state index in [0.29, 0.717) is 58.9 Å². The van der Waals surface area contributed by atoms with Gasteiger partial charge in [-0.25, -0.2) is 15.0 Å². The van der Waals surface area contributed by atoms with Crippen molar-refractivity contribution in [3.8, 4) is 11.3 Å². The van der Waals surface area contributed by atoms with Gasteiger partial charge in [-0.05, 0) is 63.1 Å². The lowest BCUT2D eigenvalue weighted by Gasteiger charge is -2.28. The second-order valence-corrected chi connectivity index (χ2v) is 14.3. The molecule has 2 amide bonds. The van der Waals surface area contributed by atoms with E-state index in [1.165, 1.54) is 17.7 Å². The van der Waals surface area contributed by atoms with E-state index in [0.717, 1.165) is 38.2 Å². The number of halogens is 3. The number of rotatable bonds is 4. The van der Waals surface area contributed by atoms with E-state index in [4.69, 9.17) is 9.72 Å². The molecular weight excluding hydrogens is 677 g/mol. The van der Waals surface area contributed by atoms with Gasteiger partial charge in [0.05, 0.1) is 23.5 Å². The van der Waals surface area contributed by atoms with E-state index >= 15 is 0 Å². The average Bonchev–Trinajstić information content (AvgIpc) is 3.35. The van der Waals surface area contributed by atoms with E-state index in [2.05, 4.69) is 25.4 Å². The summed E-state index contributed by atoms with van der Waals surface area (Å²) in [4.78, 5) is 60.4. The van der Waals surface area contributed by atoms with Crippen LogP contribution in [0.5, 0.6) is 0 Å². The maximum atomic E-state index is 14.5. The highest BCUT2D eigenvalue weighted by Gasteiger charge is 2.72. The molecule has 2 aliphatic heterocycles. The number of piperidine rings is 1. The highest BCUT2D eigenvalue weighted by molar-refractivity contribution is 6.06. The lowest BCUT2D eigenvalue weighted by molar-refractivity contribution is -0.141. The predicted octanol–water partition coefficient (Wildman–Crippen LogP) is 5.89. The molecule has 1 saturated heterocycles. The van der Waals surface area contributed by atoms with Gasteiger partial charge in [-0.2, -0.15) is 18.3 Å². The number of amides is 2. The summed E-state index contributed by atoms with van der Waals surface area (Å²) in [6.07, 6.45) is 4.14. The molecule has 4 aromatic heterocycles. The molecule has 0 unspecified atom stereocenters. The van der Waals surface area contributed by atoms with Crippen LogP contribution in [0.15, 0.2) is 30.6 Å². The third-order valence-electron chi connectivity index (χ3n) is 10.9. The minimum absolute atomic E-state index is 0.0199. The highest BCUT2D eigenvalue weighted by Crippen LogP contribution is 2.64. The molecule has 15 heteroatoms. The summed E-state index contributed by atoms with van der Waals surface area (Å²) in [6.45, 7) is 7.41. The topological polar surface area (TPSA) is 145 Å². The number of alkyl halides is 3. The fourth-order valence-corrected chi connectivity index (χ4v) is 7.99. The van der Waals surface area contributed by atoms with Crippen molar-refractivity contribution in [2.75, 3.05) is 18.5 Å². The molecule has 2 fully saturated rings. The Morgan fingerprint density at radius 1 is 1.04 bits per heavy atom. The summed E-state index contributed by atoms with van der Waals surface area (Å²) < 4.78 is 48.2. The molecule has 0 radical (unpaired) electrons. The van der Waals surface area contributed by atoms with E-state index < -0.39 is 35.1 Å². The van der Waals surface area contributed by atoms with Crippen molar-refractivity contribution < 1.29 is 32.3 Å². The zero-order valence-electron chi connectivity index (χ0n) is 29.6. The number of carbonyl (C=O) groups excluding carboxylic acids is 3. The Kier molecular flexibility index (Phi) is 9.34. The van der Waals surface area contributed by atoms with Crippen LogP contribution < -0.4 is 5.32 Å². The summed E-state index contributed by atoms with van der Waals surface area (Å²) in [5.41, 5.74) is 1.46. The van der Waals surface area contributed by atoms with Crippen molar-refractivity contribution in [2.45, 2.75) is 97.4 Å². The number of hydrogen-bond donors (Lipinski definition) is 1. The van der Waals surface area contributed by atoms with Crippen LogP contribution >= 0.6 is 0 Å². The van der Waals surface area contributed by atoms with Gasteiger partial charge in [-0.3, -0.25) is 24.0 Å². The molecule has 274 valence electrons.